The summed E-state index contributed by atoms with van der Waals surface area (Å²) < 4.78 is 29.0. The van der Waals surface area contributed by atoms with E-state index in [1.807, 2.05) is 0 Å². The van der Waals surface area contributed by atoms with Crippen LogP contribution < -0.4 is 0 Å². The first-order valence-electron chi connectivity index (χ1n) is 23.4. The average molecular weight is 845 g/mol. The van der Waals surface area contributed by atoms with Crippen LogP contribution >= 0.6 is 0 Å². The highest BCUT2D eigenvalue weighted by atomic mass is 16.8. The van der Waals surface area contributed by atoms with Crippen LogP contribution in [0.2, 0.25) is 0 Å². The molecule has 0 aromatic rings. The number of allylic oxidation sites excluding steroid dienone is 8. The first-order chi connectivity index (χ1) is 29.1. The van der Waals surface area contributed by atoms with Crippen molar-refractivity contribution in [3.63, 3.8) is 0 Å². The van der Waals surface area contributed by atoms with E-state index >= 15 is 0 Å². The van der Waals surface area contributed by atoms with Crippen molar-refractivity contribution < 1.29 is 42.9 Å². The summed E-state index contributed by atoms with van der Waals surface area (Å²) in [7, 11) is 6.94. The molecule has 344 valence electrons. The normalized spacial score (nSPS) is 18.2. The van der Waals surface area contributed by atoms with Crippen molar-refractivity contribution in [2.75, 3.05) is 47.9 Å². The summed E-state index contributed by atoms with van der Waals surface area (Å²) in [6.45, 7) is 4.18. The summed E-state index contributed by atoms with van der Waals surface area (Å²) in [4.78, 5) is 55.0. The highest BCUT2D eigenvalue weighted by molar-refractivity contribution is 5.73. The van der Waals surface area contributed by atoms with Gasteiger partial charge >= 0.3 is 23.9 Å². The van der Waals surface area contributed by atoms with Crippen molar-refractivity contribution >= 4 is 23.9 Å². The van der Waals surface area contributed by atoms with Crippen LogP contribution in [0.15, 0.2) is 48.6 Å². The molecule has 4 atom stereocenters. The van der Waals surface area contributed by atoms with Gasteiger partial charge in [0.1, 0.15) is 12.7 Å². The minimum atomic E-state index is -1.34. The van der Waals surface area contributed by atoms with E-state index in [0.29, 0.717) is 12.8 Å². The minimum Gasteiger partial charge on any atom is -0.462 e. The molecule has 0 aromatic carbocycles. The van der Waals surface area contributed by atoms with Crippen LogP contribution in [0.5, 0.6) is 0 Å². The molecule has 1 aliphatic rings. The van der Waals surface area contributed by atoms with Crippen LogP contribution in [0.25, 0.3) is 0 Å². The molecule has 11 heteroatoms. The number of rotatable bonds is 37. The molecule has 11 nitrogen and oxygen atoms in total. The molecule has 60 heavy (non-hydrogen) atoms. The van der Waals surface area contributed by atoms with Crippen molar-refractivity contribution in [3.05, 3.63) is 48.6 Å². The van der Waals surface area contributed by atoms with Gasteiger partial charge < -0.3 is 23.7 Å². The number of carbonyl (C=O) groups is 4. The van der Waals surface area contributed by atoms with E-state index in [1.165, 1.54) is 38.5 Å². The molecule has 0 aliphatic carbocycles. The van der Waals surface area contributed by atoms with Crippen LogP contribution in [0, 0.1) is 0 Å². The lowest BCUT2D eigenvalue weighted by Gasteiger charge is -2.24. The number of ether oxygens (including phenoxy) is 5. The highest BCUT2D eigenvalue weighted by Gasteiger charge is 2.52. The number of nitrogens with zero attached hydrogens (tertiary/aromatic N) is 2. The Labute approximate surface area is 364 Å². The maximum atomic E-state index is 13.2. The summed E-state index contributed by atoms with van der Waals surface area (Å²) in [5, 5.41) is 0. The summed E-state index contributed by atoms with van der Waals surface area (Å²) in [5.41, 5.74) is 0. The molecule has 0 aromatic heterocycles. The lowest BCUT2D eigenvalue weighted by Crippen LogP contribution is -2.43. The molecule has 1 saturated heterocycles. The Morgan fingerprint density at radius 1 is 0.467 bits per heavy atom. The quantitative estimate of drug-likeness (QED) is 0.0257. The third-order valence-corrected chi connectivity index (χ3v) is 10.0. The van der Waals surface area contributed by atoms with E-state index in [1.54, 1.807) is 38.0 Å². The molecule has 0 bridgehead atoms. The molecule has 1 aliphatic heterocycles. The van der Waals surface area contributed by atoms with Gasteiger partial charge in [-0.2, -0.15) is 0 Å². The molecule has 0 saturated carbocycles. The molecule has 1 fully saturated rings. The topological polar surface area (TPSA) is 121 Å². The van der Waals surface area contributed by atoms with Crippen molar-refractivity contribution in [1.29, 1.82) is 0 Å². The lowest BCUT2D eigenvalue weighted by molar-refractivity contribution is -0.200. The van der Waals surface area contributed by atoms with Gasteiger partial charge in [0.25, 0.3) is 0 Å². The number of hydrogen-bond donors (Lipinski definition) is 0. The Bertz CT molecular complexity index is 1250. The zero-order valence-corrected chi connectivity index (χ0v) is 38.6. The van der Waals surface area contributed by atoms with Gasteiger partial charge in [-0.15, -0.1) is 0 Å². The fraction of sp³-hybridized carbons (Fsp3) is 0.755. The molecule has 0 radical (unpaired) electrons. The van der Waals surface area contributed by atoms with Gasteiger partial charge in [-0.05, 0) is 105 Å². The second-order valence-corrected chi connectivity index (χ2v) is 16.6. The van der Waals surface area contributed by atoms with Crippen LogP contribution in [0.1, 0.15) is 168 Å². The Morgan fingerprint density at radius 2 is 0.867 bits per heavy atom. The molecule has 1 rings (SSSR count). The van der Waals surface area contributed by atoms with Gasteiger partial charge in [0.2, 0.25) is 12.4 Å². The Hall–Kier alpha value is -3.28. The second kappa shape index (κ2) is 37.5. The molecule has 1 heterocycles. The van der Waals surface area contributed by atoms with Gasteiger partial charge in [0, 0.05) is 12.8 Å². The second-order valence-electron chi connectivity index (χ2n) is 16.6. The Balaban J connectivity index is 2.70. The molecule has 0 N–H and O–H groups in total. The lowest BCUT2D eigenvalue weighted by atomic mass is 10.1. The predicted molar refractivity (Wildman–Crippen MR) is 241 cm³/mol. The van der Waals surface area contributed by atoms with Gasteiger partial charge in [0.15, 0.2) is 6.10 Å². The van der Waals surface area contributed by atoms with Crippen molar-refractivity contribution in [3.8, 4) is 0 Å². The highest BCUT2D eigenvalue weighted by Crippen LogP contribution is 2.30. The van der Waals surface area contributed by atoms with Crippen molar-refractivity contribution in [1.82, 2.24) is 9.80 Å². The van der Waals surface area contributed by atoms with E-state index in [9.17, 15) is 19.2 Å². The first-order valence-corrected chi connectivity index (χ1v) is 23.4. The number of hydrogen-bond acceptors (Lipinski definition) is 11. The van der Waals surface area contributed by atoms with Crippen LogP contribution in [-0.4, -0.2) is 106 Å². The monoisotopic (exact) mass is 845 g/mol. The molecule has 0 amide bonds. The zero-order chi connectivity index (χ0) is 44.1. The van der Waals surface area contributed by atoms with Gasteiger partial charge in [-0.3, -0.25) is 29.0 Å². The van der Waals surface area contributed by atoms with Crippen LogP contribution in [0.4, 0.5) is 0 Å². The van der Waals surface area contributed by atoms with Crippen LogP contribution in [0.3, 0.4) is 0 Å². The minimum absolute atomic E-state index is 0.0355. The maximum absolute atomic E-state index is 13.2. The summed E-state index contributed by atoms with van der Waals surface area (Å²) in [5.74, 6) is -2.07. The fourth-order valence-corrected chi connectivity index (χ4v) is 6.67. The van der Waals surface area contributed by atoms with Gasteiger partial charge in [0.05, 0.1) is 13.1 Å². The standard InChI is InChI=1S/C49H84N2O9/c1-7-9-11-13-15-17-19-21-23-25-27-29-31-33-35-37-43(52)58-47-42(41-56-45(54)39-50(3)4)57-49(60-46(55)40-51(5)6)48(47)59-44(53)38-36-34-32-30-28-26-24-22-20-18-16-14-12-10-8-2/h15-18,21-24,42,47-49H,7-14,19-20,25-41H2,1-6H3/b17-15-,18-16-,23-21-,24-22-/t42-,47?,48?,49+/m1/s1. The van der Waals surface area contributed by atoms with E-state index in [-0.39, 0.29) is 32.5 Å². The smallest absolute Gasteiger partial charge is 0.322 e. The molecule has 0 spiro atoms. The predicted octanol–water partition coefficient (Wildman–Crippen LogP) is 10.4. The van der Waals surface area contributed by atoms with Crippen molar-refractivity contribution in [2.24, 2.45) is 0 Å². The van der Waals surface area contributed by atoms with Gasteiger partial charge in [-0.25, -0.2) is 0 Å². The van der Waals surface area contributed by atoms with E-state index in [2.05, 4.69) is 62.5 Å². The average Bonchev–Trinajstić information content (AvgIpc) is 3.50. The number of carbonyl (C=O) groups excluding carboxylic acids is 4. The number of esters is 4. The molecular formula is C49H84N2O9. The molecular weight excluding hydrogens is 761 g/mol. The Morgan fingerprint density at radius 3 is 1.32 bits per heavy atom. The maximum Gasteiger partial charge on any atom is 0.322 e. The third kappa shape index (κ3) is 30.7. The number of likely N-dealkylation sites (N-methyl/N-ethyl adjacent to an activating group) is 2. The first kappa shape index (κ1) is 54.7. The number of unbranched alkanes of at least 4 members (excludes halogenated alkanes) is 16. The summed E-state index contributed by atoms with van der Waals surface area (Å²) in [6.07, 6.45) is 37.0. The van der Waals surface area contributed by atoms with E-state index in [4.69, 9.17) is 23.7 Å². The van der Waals surface area contributed by atoms with Crippen LogP contribution in [-0.2, 0) is 42.9 Å². The summed E-state index contributed by atoms with van der Waals surface area (Å²) >= 11 is 0. The van der Waals surface area contributed by atoms with E-state index < -0.39 is 48.5 Å². The Kier molecular flexibility index (Phi) is 34.2. The molecule has 2 unspecified atom stereocenters. The van der Waals surface area contributed by atoms with E-state index in [0.717, 1.165) is 89.9 Å². The largest absolute Gasteiger partial charge is 0.462 e. The zero-order valence-electron chi connectivity index (χ0n) is 38.6. The third-order valence-electron chi connectivity index (χ3n) is 10.0. The summed E-state index contributed by atoms with van der Waals surface area (Å²) in [6, 6.07) is 0. The van der Waals surface area contributed by atoms with Crippen molar-refractivity contribution in [2.45, 2.75) is 193 Å². The SMILES string of the molecule is CCCCC/C=C\C/C=C\CCCCCCCC(=O)OC1C(OC(=O)CCCCCCC/C=C\C/C=C\CCCCC)[C@@H](COC(=O)CN(C)C)O[C@H]1OC(=O)CN(C)C. The van der Waals surface area contributed by atoms with Gasteiger partial charge in [-0.1, -0.05) is 127 Å². The fourth-order valence-electron chi connectivity index (χ4n) is 6.67.